The van der Waals surface area contributed by atoms with Gasteiger partial charge in [-0.3, -0.25) is 4.79 Å². The number of aliphatic hydroxyl groups is 1. The van der Waals surface area contributed by atoms with Crippen LogP contribution in [0, 0.1) is 11.6 Å². The van der Waals surface area contributed by atoms with Gasteiger partial charge in [0.05, 0.1) is 6.54 Å². The standard InChI is InChI=1S/C25H23F5N4O3S/c1-16(24(36,13-34-15-31-14-32-34)21-8-5-18(26)10-22(21)27)38-20-11-33(12-20)23(35)9-4-17-2-6-19(7-3-17)37-25(28,29)30/h2-10,14-16,20,36H,11-13H2,1H3/t16-,24-/m1/s1. The van der Waals surface area contributed by atoms with Crippen molar-refractivity contribution in [3.05, 3.63) is 84.0 Å². The van der Waals surface area contributed by atoms with E-state index in [1.54, 1.807) is 11.8 Å². The van der Waals surface area contributed by atoms with Crippen molar-refractivity contribution < 1.29 is 36.6 Å². The van der Waals surface area contributed by atoms with Gasteiger partial charge in [-0.15, -0.1) is 24.9 Å². The third kappa shape index (κ3) is 6.70. The molecule has 0 spiro atoms. The number of aromatic nitrogens is 3. The van der Waals surface area contributed by atoms with Gasteiger partial charge >= 0.3 is 6.36 Å². The molecular formula is C25H23F5N4O3S. The highest BCUT2D eigenvalue weighted by molar-refractivity contribution is 8.00. The van der Waals surface area contributed by atoms with Gasteiger partial charge in [0, 0.05) is 41.3 Å². The summed E-state index contributed by atoms with van der Waals surface area (Å²) < 4.78 is 70.2. The normalized spacial score (nSPS) is 16.8. The number of nitrogens with zero attached hydrogens (tertiary/aromatic N) is 4. The molecule has 1 aromatic heterocycles. The predicted octanol–water partition coefficient (Wildman–Crippen LogP) is 4.39. The van der Waals surface area contributed by atoms with Gasteiger partial charge in [0.1, 0.15) is 35.6 Å². The molecule has 1 N–H and O–H groups in total. The third-order valence-electron chi connectivity index (χ3n) is 6.03. The van der Waals surface area contributed by atoms with Gasteiger partial charge in [0.15, 0.2) is 0 Å². The zero-order chi connectivity index (χ0) is 27.5. The van der Waals surface area contributed by atoms with Crippen molar-refractivity contribution in [3.63, 3.8) is 0 Å². The lowest BCUT2D eigenvalue weighted by Crippen LogP contribution is -2.53. The predicted molar refractivity (Wildman–Crippen MR) is 130 cm³/mol. The second kappa shape index (κ2) is 11.1. The number of alkyl halides is 3. The Morgan fingerprint density at radius 2 is 1.92 bits per heavy atom. The van der Waals surface area contributed by atoms with Crippen molar-refractivity contribution in [1.82, 2.24) is 19.7 Å². The summed E-state index contributed by atoms with van der Waals surface area (Å²) in [5.74, 6) is -2.29. The van der Waals surface area contributed by atoms with Gasteiger partial charge in [-0.05, 0) is 29.8 Å². The number of thioether (sulfide) groups is 1. The Morgan fingerprint density at radius 1 is 1.21 bits per heavy atom. The molecule has 0 unspecified atom stereocenters. The van der Waals surface area contributed by atoms with E-state index in [0.29, 0.717) is 24.7 Å². The van der Waals surface area contributed by atoms with Gasteiger partial charge in [0.2, 0.25) is 5.91 Å². The SMILES string of the molecule is C[C@@H](SC1CN(C(=O)C=Cc2ccc(OC(F)(F)F)cc2)C1)[C@](O)(Cn1cncn1)c1ccc(F)cc1F. The first-order valence-corrected chi connectivity index (χ1v) is 12.4. The average molecular weight is 555 g/mol. The number of hydrogen-bond donors (Lipinski definition) is 1. The molecule has 1 saturated heterocycles. The summed E-state index contributed by atoms with van der Waals surface area (Å²) in [6, 6.07) is 8.10. The van der Waals surface area contributed by atoms with Crippen LogP contribution in [-0.4, -0.2) is 60.6 Å². The molecule has 13 heteroatoms. The topological polar surface area (TPSA) is 80.5 Å². The highest BCUT2D eigenvalue weighted by Gasteiger charge is 2.42. The van der Waals surface area contributed by atoms with Crippen LogP contribution in [-0.2, 0) is 16.9 Å². The van der Waals surface area contributed by atoms with E-state index in [4.69, 9.17) is 0 Å². The molecular weight excluding hydrogens is 531 g/mol. The maximum Gasteiger partial charge on any atom is 0.573 e. The van der Waals surface area contributed by atoms with Crippen LogP contribution in [0.3, 0.4) is 0 Å². The average Bonchev–Trinajstić information content (AvgIpc) is 3.32. The van der Waals surface area contributed by atoms with Crippen molar-refractivity contribution in [1.29, 1.82) is 0 Å². The molecule has 38 heavy (non-hydrogen) atoms. The maximum atomic E-state index is 14.7. The fourth-order valence-corrected chi connectivity index (χ4v) is 5.53. The molecule has 7 nitrogen and oxygen atoms in total. The molecule has 2 aromatic carbocycles. The summed E-state index contributed by atoms with van der Waals surface area (Å²) in [6.07, 6.45) is 0.690. The Labute approximate surface area is 218 Å². The van der Waals surface area contributed by atoms with Gasteiger partial charge < -0.3 is 14.7 Å². The summed E-state index contributed by atoms with van der Waals surface area (Å²) in [7, 11) is 0. The second-order valence-electron chi connectivity index (χ2n) is 8.74. The fraction of sp³-hybridized carbons (Fsp3) is 0.320. The Kier molecular flexibility index (Phi) is 8.07. The molecule has 0 saturated carbocycles. The quantitative estimate of drug-likeness (QED) is 0.312. The van der Waals surface area contributed by atoms with Crippen molar-refractivity contribution >= 4 is 23.7 Å². The van der Waals surface area contributed by atoms with E-state index < -0.39 is 28.8 Å². The molecule has 202 valence electrons. The minimum absolute atomic E-state index is 0.0491. The minimum atomic E-state index is -4.78. The first-order valence-electron chi connectivity index (χ1n) is 11.4. The van der Waals surface area contributed by atoms with Crippen molar-refractivity contribution in [2.75, 3.05) is 13.1 Å². The summed E-state index contributed by atoms with van der Waals surface area (Å²) in [5.41, 5.74) is -1.30. The highest BCUT2D eigenvalue weighted by Crippen LogP contribution is 2.39. The number of benzene rings is 2. The Morgan fingerprint density at radius 3 is 2.53 bits per heavy atom. The fourth-order valence-electron chi connectivity index (χ4n) is 3.99. The summed E-state index contributed by atoms with van der Waals surface area (Å²) in [4.78, 5) is 17.9. The minimum Gasteiger partial charge on any atom is -0.406 e. The smallest absolute Gasteiger partial charge is 0.406 e. The van der Waals surface area contributed by atoms with Crippen LogP contribution in [0.2, 0.25) is 0 Å². The number of rotatable bonds is 9. The Hall–Kier alpha value is -3.45. The molecule has 1 aliphatic heterocycles. The molecule has 2 heterocycles. The van der Waals surface area contributed by atoms with E-state index >= 15 is 0 Å². The van der Waals surface area contributed by atoms with E-state index in [9.17, 15) is 31.9 Å². The molecule has 3 aromatic rings. The number of likely N-dealkylation sites (tertiary alicyclic amines) is 1. The number of carbonyl (C=O) groups excluding carboxylic acids is 1. The number of halogens is 5. The molecule has 0 radical (unpaired) electrons. The zero-order valence-corrected chi connectivity index (χ0v) is 20.8. The van der Waals surface area contributed by atoms with E-state index in [1.807, 2.05) is 0 Å². The Bertz CT molecular complexity index is 1280. The summed E-state index contributed by atoms with van der Waals surface area (Å²) >= 11 is 1.37. The lowest BCUT2D eigenvalue weighted by atomic mass is 9.90. The maximum absolute atomic E-state index is 14.7. The first-order chi connectivity index (χ1) is 17.9. The van der Waals surface area contributed by atoms with Crippen LogP contribution in [0.25, 0.3) is 6.08 Å². The number of amides is 1. The van der Waals surface area contributed by atoms with Gasteiger partial charge in [-0.1, -0.05) is 25.1 Å². The highest BCUT2D eigenvalue weighted by atomic mass is 32.2. The van der Waals surface area contributed by atoms with Crippen LogP contribution in [0.5, 0.6) is 5.75 Å². The van der Waals surface area contributed by atoms with E-state index in [-0.39, 0.29) is 29.0 Å². The monoisotopic (exact) mass is 554 g/mol. The van der Waals surface area contributed by atoms with E-state index in [0.717, 1.165) is 18.2 Å². The van der Waals surface area contributed by atoms with E-state index in [2.05, 4.69) is 14.8 Å². The molecule has 4 rings (SSSR count). The van der Waals surface area contributed by atoms with Crippen LogP contribution < -0.4 is 4.74 Å². The Balaban J connectivity index is 1.36. The van der Waals surface area contributed by atoms with Crippen LogP contribution >= 0.6 is 11.8 Å². The third-order valence-corrected chi connectivity index (χ3v) is 7.51. The van der Waals surface area contributed by atoms with Crippen molar-refractivity contribution in [2.45, 2.75) is 35.9 Å². The molecule has 1 fully saturated rings. The van der Waals surface area contributed by atoms with Crippen molar-refractivity contribution in [3.8, 4) is 5.75 Å². The number of hydrogen-bond acceptors (Lipinski definition) is 6. The van der Waals surface area contributed by atoms with Crippen LogP contribution in [0.1, 0.15) is 18.1 Å². The number of carbonyl (C=O) groups is 1. The second-order valence-corrected chi connectivity index (χ2v) is 10.4. The molecule has 1 amide bonds. The largest absolute Gasteiger partial charge is 0.573 e. The number of ether oxygens (including phenoxy) is 1. The van der Waals surface area contributed by atoms with Gasteiger partial charge in [-0.2, -0.15) is 5.10 Å². The lowest BCUT2D eigenvalue weighted by molar-refractivity contribution is -0.274. The first kappa shape index (κ1) is 27.6. The molecule has 2 atom stereocenters. The van der Waals surface area contributed by atoms with E-state index in [1.165, 1.54) is 59.4 Å². The zero-order valence-electron chi connectivity index (χ0n) is 20.0. The molecule has 0 bridgehead atoms. The summed E-state index contributed by atoms with van der Waals surface area (Å²) in [6.45, 7) is 2.36. The van der Waals surface area contributed by atoms with Gasteiger partial charge in [0.25, 0.3) is 0 Å². The lowest BCUT2D eigenvalue weighted by Gasteiger charge is -2.42. The van der Waals surface area contributed by atoms with Crippen LogP contribution in [0.4, 0.5) is 22.0 Å². The molecule has 1 aliphatic rings. The molecule has 0 aliphatic carbocycles. The van der Waals surface area contributed by atoms with Crippen molar-refractivity contribution in [2.24, 2.45) is 0 Å². The van der Waals surface area contributed by atoms with Gasteiger partial charge in [-0.25, -0.2) is 18.4 Å². The van der Waals surface area contributed by atoms with Crippen LogP contribution in [0.15, 0.2) is 61.2 Å². The summed E-state index contributed by atoms with van der Waals surface area (Å²) in [5, 5.41) is 15.0.